The van der Waals surface area contributed by atoms with E-state index in [1.807, 2.05) is 26.0 Å². The van der Waals surface area contributed by atoms with Gasteiger partial charge in [-0.15, -0.1) is 0 Å². The SMILES string of the molecule is Cc1nc(N)c2c(C)ccc(OCC3CCOC3)c2n1. The summed E-state index contributed by atoms with van der Waals surface area (Å²) in [6.45, 7) is 6.11. The van der Waals surface area contributed by atoms with E-state index < -0.39 is 0 Å². The number of nitrogens with zero attached hydrogens (tertiary/aromatic N) is 2. The van der Waals surface area contributed by atoms with Crippen molar-refractivity contribution in [1.82, 2.24) is 9.97 Å². The van der Waals surface area contributed by atoms with Crippen molar-refractivity contribution < 1.29 is 9.47 Å². The molecule has 5 nitrogen and oxygen atoms in total. The van der Waals surface area contributed by atoms with Crippen LogP contribution < -0.4 is 10.5 Å². The van der Waals surface area contributed by atoms with Gasteiger partial charge in [0.2, 0.25) is 0 Å². The third kappa shape index (κ3) is 2.41. The van der Waals surface area contributed by atoms with Gasteiger partial charge in [0.1, 0.15) is 22.9 Å². The van der Waals surface area contributed by atoms with Crippen LogP contribution in [0.3, 0.4) is 0 Å². The predicted molar refractivity (Wildman–Crippen MR) is 77.8 cm³/mol. The summed E-state index contributed by atoms with van der Waals surface area (Å²) >= 11 is 0. The minimum Gasteiger partial charge on any atom is -0.491 e. The molecule has 1 aromatic carbocycles. The van der Waals surface area contributed by atoms with Crippen LogP contribution in [0.5, 0.6) is 5.75 Å². The number of aryl methyl sites for hydroxylation is 2. The molecule has 1 aromatic heterocycles. The quantitative estimate of drug-likeness (QED) is 0.928. The van der Waals surface area contributed by atoms with Gasteiger partial charge in [-0.05, 0) is 31.9 Å². The molecule has 5 heteroatoms. The fraction of sp³-hybridized carbons (Fsp3) is 0.467. The molecule has 0 spiro atoms. The Balaban J connectivity index is 1.95. The highest BCUT2D eigenvalue weighted by Gasteiger charge is 2.18. The Morgan fingerprint density at radius 2 is 2.20 bits per heavy atom. The van der Waals surface area contributed by atoms with E-state index in [4.69, 9.17) is 15.2 Å². The average molecular weight is 273 g/mol. The maximum Gasteiger partial charge on any atom is 0.145 e. The molecule has 0 radical (unpaired) electrons. The van der Waals surface area contributed by atoms with Crippen LogP contribution in [-0.4, -0.2) is 29.8 Å². The maximum absolute atomic E-state index is 6.02. The summed E-state index contributed by atoms with van der Waals surface area (Å²) in [5.74, 6) is 2.41. The van der Waals surface area contributed by atoms with Crippen molar-refractivity contribution in [3.8, 4) is 5.75 Å². The number of anilines is 1. The van der Waals surface area contributed by atoms with Gasteiger partial charge in [-0.1, -0.05) is 6.07 Å². The molecule has 1 aliphatic heterocycles. The van der Waals surface area contributed by atoms with E-state index in [9.17, 15) is 0 Å². The topological polar surface area (TPSA) is 70.3 Å². The normalized spacial score (nSPS) is 18.6. The van der Waals surface area contributed by atoms with Gasteiger partial charge < -0.3 is 15.2 Å². The number of fused-ring (bicyclic) bond motifs is 1. The predicted octanol–water partition coefficient (Wildman–Crippen LogP) is 2.24. The molecule has 20 heavy (non-hydrogen) atoms. The number of ether oxygens (including phenoxy) is 2. The Bertz CT molecular complexity index is 637. The molecule has 1 atom stereocenters. The summed E-state index contributed by atoms with van der Waals surface area (Å²) in [5, 5.41) is 0.885. The summed E-state index contributed by atoms with van der Waals surface area (Å²) in [5.41, 5.74) is 7.88. The summed E-state index contributed by atoms with van der Waals surface area (Å²) in [7, 11) is 0. The fourth-order valence-electron chi connectivity index (χ4n) is 2.56. The lowest BCUT2D eigenvalue weighted by Crippen LogP contribution is -2.12. The summed E-state index contributed by atoms with van der Waals surface area (Å²) in [6.07, 6.45) is 1.06. The molecule has 0 saturated carbocycles. The van der Waals surface area contributed by atoms with Crippen molar-refractivity contribution >= 4 is 16.7 Å². The first-order valence-corrected chi connectivity index (χ1v) is 6.89. The van der Waals surface area contributed by atoms with E-state index in [0.29, 0.717) is 24.2 Å². The fourth-order valence-corrected chi connectivity index (χ4v) is 2.56. The Morgan fingerprint density at radius 3 is 2.95 bits per heavy atom. The Morgan fingerprint density at radius 1 is 1.35 bits per heavy atom. The first kappa shape index (κ1) is 13.1. The maximum atomic E-state index is 6.02. The molecule has 1 fully saturated rings. The smallest absolute Gasteiger partial charge is 0.145 e. The van der Waals surface area contributed by atoms with Crippen molar-refractivity contribution in [1.29, 1.82) is 0 Å². The van der Waals surface area contributed by atoms with Gasteiger partial charge in [0.05, 0.1) is 13.2 Å². The largest absolute Gasteiger partial charge is 0.491 e. The third-order valence-corrected chi connectivity index (χ3v) is 3.66. The number of benzene rings is 1. The number of nitrogens with two attached hydrogens (primary N) is 1. The van der Waals surface area contributed by atoms with E-state index >= 15 is 0 Å². The van der Waals surface area contributed by atoms with Gasteiger partial charge in [0, 0.05) is 17.9 Å². The first-order chi connectivity index (χ1) is 9.65. The van der Waals surface area contributed by atoms with Crippen molar-refractivity contribution in [2.24, 2.45) is 5.92 Å². The zero-order valence-electron chi connectivity index (χ0n) is 11.8. The molecule has 2 heterocycles. The van der Waals surface area contributed by atoms with Crippen LogP contribution >= 0.6 is 0 Å². The number of nitrogen functional groups attached to an aromatic ring is 1. The standard InChI is InChI=1S/C15H19N3O2/c1-9-3-4-12(20-8-11-5-6-19-7-11)14-13(9)15(16)18-10(2)17-14/h3-4,11H,5-8H2,1-2H3,(H2,16,17,18). The third-order valence-electron chi connectivity index (χ3n) is 3.66. The van der Waals surface area contributed by atoms with Crippen molar-refractivity contribution in [2.45, 2.75) is 20.3 Å². The molecular formula is C15H19N3O2. The molecule has 0 bridgehead atoms. The molecule has 0 amide bonds. The highest BCUT2D eigenvalue weighted by molar-refractivity contribution is 5.94. The second-order valence-electron chi connectivity index (χ2n) is 5.30. The number of aromatic nitrogens is 2. The zero-order valence-corrected chi connectivity index (χ0v) is 11.8. The van der Waals surface area contributed by atoms with Crippen LogP contribution in [-0.2, 0) is 4.74 Å². The van der Waals surface area contributed by atoms with E-state index in [0.717, 1.165) is 41.9 Å². The lowest BCUT2D eigenvalue weighted by atomic mass is 10.1. The van der Waals surface area contributed by atoms with E-state index in [1.165, 1.54) is 0 Å². The van der Waals surface area contributed by atoms with Gasteiger partial charge >= 0.3 is 0 Å². The van der Waals surface area contributed by atoms with E-state index in [2.05, 4.69) is 9.97 Å². The molecule has 0 aliphatic carbocycles. The lowest BCUT2D eigenvalue weighted by molar-refractivity contribution is 0.167. The molecule has 2 N–H and O–H groups in total. The molecule has 1 unspecified atom stereocenters. The lowest BCUT2D eigenvalue weighted by Gasteiger charge is -2.14. The Labute approximate surface area is 118 Å². The second-order valence-corrected chi connectivity index (χ2v) is 5.30. The van der Waals surface area contributed by atoms with Gasteiger partial charge in [0.25, 0.3) is 0 Å². The van der Waals surface area contributed by atoms with Gasteiger partial charge in [-0.3, -0.25) is 0 Å². The second kappa shape index (κ2) is 5.25. The van der Waals surface area contributed by atoms with Gasteiger partial charge in [-0.25, -0.2) is 9.97 Å². The van der Waals surface area contributed by atoms with Crippen LogP contribution in [0.2, 0.25) is 0 Å². The highest BCUT2D eigenvalue weighted by atomic mass is 16.5. The molecule has 1 aliphatic rings. The van der Waals surface area contributed by atoms with Crippen molar-refractivity contribution in [3.05, 3.63) is 23.5 Å². The molecule has 106 valence electrons. The van der Waals surface area contributed by atoms with Crippen molar-refractivity contribution in [2.75, 3.05) is 25.6 Å². The first-order valence-electron chi connectivity index (χ1n) is 6.89. The van der Waals surface area contributed by atoms with Crippen molar-refractivity contribution in [3.63, 3.8) is 0 Å². The summed E-state index contributed by atoms with van der Waals surface area (Å²) in [4.78, 5) is 8.73. The minimum absolute atomic E-state index is 0.464. The molecule has 3 rings (SSSR count). The molecular weight excluding hydrogens is 254 g/mol. The molecule has 2 aromatic rings. The van der Waals surface area contributed by atoms with Gasteiger partial charge in [0.15, 0.2) is 0 Å². The number of hydrogen-bond acceptors (Lipinski definition) is 5. The van der Waals surface area contributed by atoms with Crippen LogP contribution in [0.15, 0.2) is 12.1 Å². The van der Waals surface area contributed by atoms with Crippen LogP contribution in [0.1, 0.15) is 17.8 Å². The number of hydrogen-bond donors (Lipinski definition) is 1. The Hall–Kier alpha value is -1.88. The van der Waals surface area contributed by atoms with Gasteiger partial charge in [-0.2, -0.15) is 0 Å². The highest BCUT2D eigenvalue weighted by Crippen LogP contribution is 2.30. The summed E-state index contributed by atoms with van der Waals surface area (Å²) in [6, 6.07) is 3.96. The zero-order chi connectivity index (χ0) is 14.1. The van der Waals surface area contributed by atoms with Crippen LogP contribution in [0.4, 0.5) is 5.82 Å². The number of rotatable bonds is 3. The summed E-state index contributed by atoms with van der Waals surface area (Å²) < 4.78 is 11.3. The molecule has 1 saturated heterocycles. The van der Waals surface area contributed by atoms with Crippen LogP contribution in [0, 0.1) is 19.8 Å². The minimum atomic E-state index is 0.464. The van der Waals surface area contributed by atoms with E-state index in [1.54, 1.807) is 0 Å². The average Bonchev–Trinajstić information content (AvgIpc) is 2.90. The van der Waals surface area contributed by atoms with Crippen LogP contribution in [0.25, 0.3) is 10.9 Å². The van der Waals surface area contributed by atoms with E-state index in [-0.39, 0.29) is 0 Å². The monoisotopic (exact) mass is 273 g/mol. The Kier molecular flexibility index (Phi) is 3.44.